The number of hydrogen-bond donors (Lipinski definition) is 1. The van der Waals surface area contributed by atoms with Gasteiger partial charge in [0.15, 0.2) is 0 Å². The maximum absolute atomic E-state index is 12.5. The molecule has 2 aliphatic rings. The van der Waals surface area contributed by atoms with Crippen molar-refractivity contribution in [2.24, 2.45) is 5.92 Å². The Morgan fingerprint density at radius 1 is 1.50 bits per heavy atom. The van der Waals surface area contributed by atoms with Crippen LogP contribution in [0.1, 0.15) is 40.4 Å². The zero-order chi connectivity index (χ0) is 12.5. The average molecular weight is 264 g/mol. The maximum Gasteiger partial charge on any atom is 0.264 e. The quantitative estimate of drug-likeness (QED) is 0.905. The summed E-state index contributed by atoms with van der Waals surface area (Å²) in [6.45, 7) is 2.86. The van der Waals surface area contributed by atoms with Gasteiger partial charge in [-0.2, -0.15) is 0 Å². The Labute approximate surface area is 112 Å². The minimum atomic E-state index is 0.269. The average Bonchev–Trinajstić information content (AvgIpc) is 2.93. The molecule has 0 radical (unpaired) electrons. The SMILES string of the molecule is CNCC1CCN(C(=O)c2sccc2C2CC2)C1. The van der Waals surface area contributed by atoms with E-state index in [0.29, 0.717) is 11.8 Å². The van der Waals surface area contributed by atoms with Crippen LogP contribution in [-0.2, 0) is 0 Å². The first-order valence-electron chi connectivity index (χ1n) is 6.81. The number of amides is 1. The number of likely N-dealkylation sites (tertiary alicyclic amines) is 1. The van der Waals surface area contributed by atoms with Crippen molar-refractivity contribution >= 4 is 17.2 Å². The number of carbonyl (C=O) groups is 1. The van der Waals surface area contributed by atoms with E-state index in [9.17, 15) is 4.79 Å². The van der Waals surface area contributed by atoms with Gasteiger partial charge < -0.3 is 10.2 Å². The molecule has 1 saturated carbocycles. The largest absolute Gasteiger partial charge is 0.338 e. The highest BCUT2D eigenvalue weighted by Gasteiger charge is 2.32. The summed E-state index contributed by atoms with van der Waals surface area (Å²) < 4.78 is 0. The third-order valence-corrected chi connectivity index (χ3v) is 4.89. The van der Waals surface area contributed by atoms with E-state index in [1.54, 1.807) is 11.3 Å². The summed E-state index contributed by atoms with van der Waals surface area (Å²) in [5.41, 5.74) is 1.31. The summed E-state index contributed by atoms with van der Waals surface area (Å²) in [4.78, 5) is 15.6. The Bertz CT molecular complexity index is 439. The van der Waals surface area contributed by atoms with Crippen LogP contribution in [0.4, 0.5) is 0 Å². The fraction of sp³-hybridized carbons (Fsp3) is 0.643. The van der Waals surface area contributed by atoms with Crippen molar-refractivity contribution in [1.82, 2.24) is 10.2 Å². The van der Waals surface area contributed by atoms with Crippen LogP contribution in [0, 0.1) is 5.92 Å². The molecule has 0 aromatic carbocycles. The molecule has 1 atom stereocenters. The van der Waals surface area contributed by atoms with E-state index in [-0.39, 0.29) is 5.91 Å². The van der Waals surface area contributed by atoms with Gasteiger partial charge in [-0.1, -0.05) is 0 Å². The summed E-state index contributed by atoms with van der Waals surface area (Å²) in [6, 6.07) is 2.15. The Morgan fingerprint density at radius 3 is 3.06 bits per heavy atom. The standard InChI is InChI=1S/C14H20N2OS/c1-15-8-10-4-6-16(9-10)14(17)13-12(5-7-18-13)11-2-3-11/h5,7,10-11,15H,2-4,6,8-9H2,1H3. The first kappa shape index (κ1) is 12.2. The molecule has 1 aliphatic carbocycles. The van der Waals surface area contributed by atoms with Crippen molar-refractivity contribution in [3.8, 4) is 0 Å². The van der Waals surface area contributed by atoms with E-state index >= 15 is 0 Å². The molecule has 1 saturated heterocycles. The monoisotopic (exact) mass is 264 g/mol. The third kappa shape index (κ3) is 2.31. The first-order valence-corrected chi connectivity index (χ1v) is 7.69. The molecule has 98 valence electrons. The molecule has 4 heteroatoms. The van der Waals surface area contributed by atoms with E-state index in [1.165, 1.54) is 18.4 Å². The number of rotatable bonds is 4. The molecule has 2 heterocycles. The third-order valence-electron chi connectivity index (χ3n) is 3.97. The normalized spacial score (nSPS) is 23.6. The van der Waals surface area contributed by atoms with E-state index < -0.39 is 0 Å². The van der Waals surface area contributed by atoms with Crippen LogP contribution < -0.4 is 5.32 Å². The van der Waals surface area contributed by atoms with Gasteiger partial charge in [-0.05, 0) is 61.7 Å². The molecular weight excluding hydrogens is 244 g/mol. The molecule has 1 N–H and O–H groups in total. The number of nitrogens with zero attached hydrogens (tertiary/aromatic N) is 1. The highest BCUT2D eigenvalue weighted by Crippen LogP contribution is 2.43. The van der Waals surface area contributed by atoms with Crippen LogP contribution in [-0.4, -0.2) is 37.5 Å². The molecule has 3 nitrogen and oxygen atoms in total. The molecule has 1 unspecified atom stereocenters. The molecule has 0 spiro atoms. The lowest BCUT2D eigenvalue weighted by Crippen LogP contribution is -2.30. The number of carbonyl (C=O) groups excluding carboxylic acids is 1. The highest BCUT2D eigenvalue weighted by molar-refractivity contribution is 7.12. The van der Waals surface area contributed by atoms with E-state index in [2.05, 4.69) is 16.8 Å². The van der Waals surface area contributed by atoms with Gasteiger partial charge in [0.25, 0.3) is 5.91 Å². The lowest BCUT2D eigenvalue weighted by atomic mass is 10.1. The zero-order valence-electron chi connectivity index (χ0n) is 10.8. The van der Waals surface area contributed by atoms with E-state index in [1.807, 2.05) is 11.9 Å². The second-order valence-corrected chi connectivity index (χ2v) is 6.36. The minimum Gasteiger partial charge on any atom is -0.338 e. The lowest BCUT2D eigenvalue weighted by molar-refractivity contribution is 0.0791. The Balaban J connectivity index is 1.69. The van der Waals surface area contributed by atoms with Gasteiger partial charge in [-0.15, -0.1) is 11.3 Å². The van der Waals surface area contributed by atoms with Crippen molar-refractivity contribution in [1.29, 1.82) is 0 Å². The molecule has 3 rings (SSSR count). The molecule has 1 aliphatic heterocycles. The molecular formula is C14H20N2OS. The van der Waals surface area contributed by atoms with Crippen molar-refractivity contribution in [3.63, 3.8) is 0 Å². The summed E-state index contributed by atoms with van der Waals surface area (Å²) in [5.74, 6) is 1.57. The van der Waals surface area contributed by atoms with Gasteiger partial charge >= 0.3 is 0 Å². The Kier molecular flexibility index (Phi) is 3.39. The Morgan fingerprint density at radius 2 is 2.33 bits per heavy atom. The first-order chi connectivity index (χ1) is 8.79. The Hall–Kier alpha value is -0.870. The van der Waals surface area contributed by atoms with Crippen molar-refractivity contribution in [2.75, 3.05) is 26.7 Å². The molecule has 0 bridgehead atoms. The van der Waals surface area contributed by atoms with Gasteiger partial charge in [0.2, 0.25) is 0 Å². The fourth-order valence-electron chi connectivity index (χ4n) is 2.82. The lowest BCUT2D eigenvalue weighted by Gasteiger charge is -2.16. The van der Waals surface area contributed by atoms with Gasteiger partial charge in [-0.3, -0.25) is 4.79 Å². The highest BCUT2D eigenvalue weighted by atomic mass is 32.1. The van der Waals surface area contributed by atoms with Crippen molar-refractivity contribution in [2.45, 2.75) is 25.2 Å². The topological polar surface area (TPSA) is 32.3 Å². The summed E-state index contributed by atoms with van der Waals surface area (Å²) >= 11 is 1.62. The second-order valence-electron chi connectivity index (χ2n) is 5.44. The molecule has 1 aromatic rings. The molecule has 1 aromatic heterocycles. The molecule has 1 amide bonds. The van der Waals surface area contributed by atoms with Crippen LogP contribution in [0.2, 0.25) is 0 Å². The number of thiophene rings is 1. The fourth-order valence-corrected chi connectivity index (χ4v) is 3.78. The van der Waals surface area contributed by atoms with Crippen molar-refractivity contribution < 1.29 is 4.79 Å². The van der Waals surface area contributed by atoms with E-state index in [0.717, 1.165) is 30.9 Å². The number of nitrogens with one attached hydrogen (secondary N) is 1. The van der Waals surface area contributed by atoms with Crippen molar-refractivity contribution in [3.05, 3.63) is 21.9 Å². The predicted molar refractivity (Wildman–Crippen MR) is 74.2 cm³/mol. The second kappa shape index (κ2) is 5.02. The van der Waals surface area contributed by atoms with Gasteiger partial charge in [-0.25, -0.2) is 0 Å². The summed E-state index contributed by atoms with van der Waals surface area (Å²) in [5, 5.41) is 5.28. The van der Waals surface area contributed by atoms with Gasteiger partial charge in [0.05, 0.1) is 4.88 Å². The molecule has 2 fully saturated rings. The van der Waals surface area contributed by atoms with Crippen LogP contribution >= 0.6 is 11.3 Å². The van der Waals surface area contributed by atoms with Crippen LogP contribution in [0.25, 0.3) is 0 Å². The van der Waals surface area contributed by atoms with Crippen LogP contribution in [0.15, 0.2) is 11.4 Å². The van der Waals surface area contributed by atoms with Gasteiger partial charge in [0.1, 0.15) is 0 Å². The summed E-state index contributed by atoms with van der Waals surface area (Å²) in [7, 11) is 1.98. The zero-order valence-corrected chi connectivity index (χ0v) is 11.6. The van der Waals surface area contributed by atoms with Gasteiger partial charge in [0, 0.05) is 13.1 Å². The molecule has 18 heavy (non-hydrogen) atoms. The predicted octanol–water partition coefficient (Wildman–Crippen LogP) is 2.31. The smallest absolute Gasteiger partial charge is 0.264 e. The van der Waals surface area contributed by atoms with Crippen LogP contribution in [0.5, 0.6) is 0 Å². The summed E-state index contributed by atoms with van der Waals surface area (Å²) in [6.07, 6.45) is 3.66. The van der Waals surface area contributed by atoms with E-state index in [4.69, 9.17) is 0 Å². The number of hydrogen-bond acceptors (Lipinski definition) is 3. The van der Waals surface area contributed by atoms with Crippen LogP contribution in [0.3, 0.4) is 0 Å². The minimum absolute atomic E-state index is 0.269. The maximum atomic E-state index is 12.5.